The molecule has 49 heavy (non-hydrogen) atoms. The predicted octanol–water partition coefficient (Wildman–Crippen LogP) is 7.43. The molecule has 4 nitrogen and oxygen atoms in total. The highest BCUT2D eigenvalue weighted by Gasteiger charge is 1.96. The van der Waals surface area contributed by atoms with E-state index in [1.165, 1.54) is 185 Å². The summed E-state index contributed by atoms with van der Waals surface area (Å²) in [5, 5.41) is 6.90. The van der Waals surface area contributed by atoms with Gasteiger partial charge >= 0.3 is 0 Å². The van der Waals surface area contributed by atoms with Gasteiger partial charge in [-0.2, -0.15) is 0 Å². The molecule has 0 amide bonds. The standard InChI is InChI=1S/2C17H30N2.C9H20.2BrH/c2*1-2-3-4-5-6-7-8-9-10-11-14-19-17-12-15-18-16-13-17;1-3-5-7-9-8-6-4-2;;/h2*12-13,15-16H,2-11,14H2,1H3,(H,18,19);3-9H2,1-2H3;2*1H. The van der Waals surface area contributed by atoms with E-state index in [1.54, 1.807) is 0 Å². The topological polar surface area (TPSA) is 52.3 Å². The van der Waals surface area contributed by atoms with Gasteiger partial charge in [-0.05, 0) is 12.8 Å². The third kappa shape index (κ3) is 42.9. The Morgan fingerprint density at radius 2 is 0.531 bits per heavy atom. The molecule has 6 heteroatoms. The molecule has 0 bridgehead atoms. The third-order valence-electron chi connectivity index (χ3n) is 8.86. The smallest absolute Gasteiger partial charge is 0.169 e. The molecule has 0 fully saturated rings. The lowest BCUT2D eigenvalue weighted by Gasteiger charge is -2.05. The van der Waals surface area contributed by atoms with Crippen molar-refractivity contribution in [3.05, 3.63) is 49.1 Å². The summed E-state index contributed by atoms with van der Waals surface area (Å²) in [6, 6.07) is 8.32. The number of aromatic nitrogens is 2. The van der Waals surface area contributed by atoms with Gasteiger partial charge in [0.25, 0.3) is 0 Å². The minimum absolute atomic E-state index is 0. The summed E-state index contributed by atoms with van der Waals surface area (Å²) in [6.07, 6.45) is 45.8. The van der Waals surface area contributed by atoms with Gasteiger partial charge in [0.2, 0.25) is 0 Å². The van der Waals surface area contributed by atoms with Crippen LogP contribution in [-0.4, -0.2) is 13.1 Å². The lowest BCUT2D eigenvalue weighted by atomic mass is 10.1. The van der Waals surface area contributed by atoms with Gasteiger partial charge in [-0.1, -0.05) is 188 Å². The number of anilines is 2. The second kappa shape index (κ2) is 46.9. The zero-order chi connectivity index (χ0) is 34.1. The maximum Gasteiger partial charge on any atom is 0.169 e. The molecule has 0 spiro atoms. The van der Waals surface area contributed by atoms with Gasteiger partial charge in [-0.3, -0.25) is 0 Å². The minimum atomic E-state index is 0. The average Bonchev–Trinajstić information content (AvgIpc) is 3.11. The highest BCUT2D eigenvalue weighted by molar-refractivity contribution is 5.39. The molecule has 0 aliphatic heterocycles. The van der Waals surface area contributed by atoms with Crippen LogP contribution in [0.25, 0.3) is 0 Å². The highest BCUT2D eigenvalue weighted by Crippen LogP contribution is 2.12. The van der Waals surface area contributed by atoms with Crippen LogP contribution in [0, 0.1) is 0 Å². The molecule has 4 N–H and O–H groups in total. The molecule has 0 saturated carbocycles. The molecule has 2 heterocycles. The number of H-pyrrole nitrogens is 2. The summed E-state index contributed by atoms with van der Waals surface area (Å²) < 4.78 is 0. The van der Waals surface area contributed by atoms with Crippen LogP contribution in [0.1, 0.15) is 201 Å². The Balaban J connectivity index is -0.000000675. The number of unbranched alkanes of at least 4 members (excludes halogenated alkanes) is 24. The Labute approximate surface area is 327 Å². The Morgan fingerprint density at radius 1 is 0.327 bits per heavy atom. The van der Waals surface area contributed by atoms with Crippen molar-refractivity contribution >= 4 is 11.4 Å². The first-order valence-corrected chi connectivity index (χ1v) is 20.7. The Bertz CT molecular complexity index is 742. The van der Waals surface area contributed by atoms with Gasteiger partial charge in [0, 0.05) is 48.7 Å². The van der Waals surface area contributed by atoms with E-state index in [2.05, 4.69) is 72.6 Å². The zero-order valence-electron chi connectivity index (χ0n) is 32.9. The van der Waals surface area contributed by atoms with Crippen molar-refractivity contribution in [3.63, 3.8) is 0 Å². The lowest BCUT2D eigenvalue weighted by molar-refractivity contribution is -0.378. The van der Waals surface area contributed by atoms with Crippen molar-refractivity contribution < 1.29 is 43.9 Å². The van der Waals surface area contributed by atoms with E-state index in [4.69, 9.17) is 0 Å². The maximum absolute atomic E-state index is 3.45. The summed E-state index contributed by atoms with van der Waals surface area (Å²) >= 11 is 0. The second-order valence-corrected chi connectivity index (χ2v) is 13.6. The van der Waals surface area contributed by atoms with Crippen LogP contribution in [-0.2, 0) is 0 Å². The third-order valence-corrected chi connectivity index (χ3v) is 8.86. The Kier molecular flexibility index (Phi) is 49.9. The number of aromatic amines is 2. The first kappa shape index (κ1) is 52.2. The van der Waals surface area contributed by atoms with Gasteiger partial charge < -0.3 is 44.6 Å². The van der Waals surface area contributed by atoms with E-state index >= 15 is 0 Å². The quantitative estimate of drug-likeness (QED) is 0.0808. The van der Waals surface area contributed by atoms with E-state index in [-0.39, 0.29) is 34.0 Å². The van der Waals surface area contributed by atoms with Crippen LogP contribution in [0.4, 0.5) is 11.4 Å². The Morgan fingerprint density at radius 3 is 0.755 bits per heavy atom. The molecular formula is C43H82Br2N4. The summed E-state index contributed by atoms with van der Waals surface area (Å²) in [5.41, 5.74) is 2.43. The Hall–Kier alpha value is -1.14. The fraction of sp³-hybridized carbons (Fsp3) is 0.767. The van der Waals surface area contributed by atoms with Crippen LogP contribution in [0.3, 0.4) is 0 Å². The van der Waals surface area contributed by atoms with Gasteiger partial charge in [-0.15, -0.1) is 0 Å². The van der Waals surface area contributed by atoms with E-state index in [1.807, 2.05) is 24.8 Å². The van der Waals surface area contributed by atoms with Crippen molar-refractivity contribution in [1.82, 2.24) is 0 Å². The number of pyridine rings is 2. The number of hydrogen-bond donors (Lipinski definition) is 2. The van der Waals surface area contributed by atoms with Crippen LogP contribution in [0.5, 0.6) is 0 Å². The number of halogens is 2. The molecular weight excluding hydrogens is 732 g/mol. The summed E-state index contributed by atoms with van der Waals surface area (Å²) in [5.74, 6) is 0. The van der Waals surface area contributed by atoms with Crippen LogP contribution in [0.2, 0.25) is 0 Å². The molecule has 0 aromatic carbocycles. The first-order valence-electron chi connectivity index (χ1n) is 20.7. The zero-order valence-corrected chi connectivity index (χ0v) is 36.1. The molecule has 2 aromatic heterocycles. The lowest BCUT2D eigenvalue weighted by Crippen LogP contribution is -3.00. The van der Waals surface area contributed by atoms with Gasteiger partial charge in [0.05, 0.1) is 0 Å². The minimum Gasteiger partial charge on any atom is -1.00 e. The SMILES string of the molecule is CCCCCCCCC.CCCCCCCCCCCCNc1cc[nH+]cc1.CCCCCCCCCCCCNc1cc[nH+]cc1.[Br-].[Br-]. The monoisotopic (exact) mass is 812 g/mol. The summed E-state index contributed by atoms with van der Waals surface area (Å²) in [6.45, 7) is 11.3. The van der Waals surface area contributed by atoms with E-state index in [0.717, 1.165) is 13.1 Å². The van der Waals surface area contributed by atoms with Crippen LogP contribution < -0.4 is 54.6 Å². The largest absolute Gasteiger partial charge is 1.00 e. The first-order chi connectivity index (χ1) is 23.3. The normalized spacial score (nSPS) is 10.0. The number of rotatable bonds is 30. The molecule has 0 unspecified atom stereocenters. The number of hydrogen-bond acceptors (Lipinski definition) is 2. The van der Waals surface area contributed by atoms with Crippen molar-refractivity contribution in [2.24, 2.45) is 0 Å². The summed E-state index contributed by atoms with van der Waals surface area (Å²) in [4.78, 5) is 6.07. The second-order valence-electron chi connectivity index (χ2n) is 13.6. The van der Waals surface area contributed by atoms with Crippen molar-refractivity contribution in [2.75, 3.05) is 23.7 Å². The van der Waals surface area contributed by atoms with E-state index in [0.29, 0.717) is 0 Å². The van der Waals surface area contributed by atoms with E-state index < -0.39 is 0 Å². The fourth-order valence-electron chi connectivity index (χ4n) is 5.73. The molecule has 0 atom stereocenters. The molecule has 0 aliphatic rings. The van der Waals surface area contributed by atoms with Crippen molar-refractivity contribution in [3.8, 4) is 0 Å². The highest BCUT2D eigenvalue weighted by atomic mass is 79.9. The van der Waals surface area contributed by atoms with E-state index in [9.17, 15) is 0 Å². The fourth-order valence-corrected chi connectivity index (χ4v) is 5.73. The van der Waals surface area contributed by atoms with Crippen molar-refractivity contribution in [2.45, 2.75) is 201 Å². The summed E-state index contributed by atoms with van der Waals surface area (Å²) in [7, 11) is 0. The molecule has 0 aliphatic carbocycles. The maximum atomic E-state index is 3.45. The van der Waals surface area contributed by atoms with Gasteiger partial charge in [0.15, 0.2) is 24.8 Å². The van der Waals surface area contributed by atoms with Crippen molar-refractivity contribution in [1.29, 1.82) is 0 Å². The molecule has 0 saturated heterocycles. The van der Waals surface area contributed by atoms with Gasteiger partial charge in [-0.25, -0.2) is 9.97 Å². The number of nitrogens with one attached hydrogen (secondary N) is 4. The average molecular weight is 815 g/mol. The molecule has 2 rings (SSSR count). The molecule has 0 radical (unpaired) electrons. The van der Waals surface area contributed by atoms with Gasteiger partial charge in [0.1, 0.15) is 0 Å². The predicted molar refractivity (Wildman–Crippen MR) is 210 cm³/mol. The van der Waals surface area contributed by atoms with Crippen LogP contribution >= 0.6 is 0 Å². The van der Waals surface area contributed by atoms with Crippen LogP contribution in [0.15, 0.2) is 49.1 Å². The molecule has 2 aromatic rings. The molecule has 288 valence electrons.